The molecule has 0 radical (unpaired) electrons. The first-order valence-corrected chi connectivity index (χ1v) is 7.78. The van der Waals surface area contributed by atoms with Crippen LogP contribution in [0.3, 0.4) is 0 Å². The van der Waals surface area contributed by atoms with E-state index in [1.54, 1.807) is 0 Å². The molecule has 0 unspecified atom stereocenters. The highest BCUT2D eigenvalue weighted by molar-refractivity contribution is 5.93. The fourth-order valence-corrected chi connectivity index (χ4v) is 2.54. The molecular formula is C16H25N3O2. The fourth-order valence-electron chi connectivity index (χ4n) is 2.54. The molecule has 0 spiro atoms. The number of para-hydroxylation sites is 2. The van der Waals surface area contributed by atoms with Gasteiger partial charge in [0, 0.05) is 26.2 Å². The van der Waals surface area contributed by atoms with Crippen LogP contribution in [-0.2, 0) is 4.74 Å². The van der Waals surface area contributed by atoms with Crippen molar-refractivity contribution in [3.8, 4) is 0 Å². The van der Waals surface area contributed by atoms with Gasteiger partial charge in [0.05, 0.1) is 18.0 Å². The third-order valence-corrected chi connectivity index (χ3v) is 3.59. The lowest BCUT2D eigenvalue weighted by atomic mass is 10.1. The van der Waals surface area contributed by atoms with E-state index in [9.17, 15) is 4.79 Å². The summed E-state index contributed by atoms with van der Waals surface area (Å²) in [5, 5.41) is 5.74. The number of piperidine rings is 1. The normalized spacial score (nSPS) is 14.8. The number of urea groups is 1. The molecule has 0 saturated carbocycles. The number of carbonyl (C=O) groups excluding carboxylic acids is 1. The Morgan fingerprint density at radius 1 is 1.24 bits per heavy atom. The summed E-state index contributed by atoms with van der Waals surface area (Å²) in [6.07, 6.45) is 3.73. The summed E-state index contributed by atoms with van der Waals surface area (Å²) in [5.41, 5.74) is 1.98. The third kappa shape index (κ3) is 4.93. The molecule has 1 heterocycles. The van der Waals surface area contributed by atoms with Crippen molar-refractivity contribution in [1.82, 2.24) is 5.32 Å². The highest BCUT2D eigenvalue weighted by Crippen LogP contribution is 2.28. The molecule has 2 amide bonds. The first-order valence-electron chi connectivity index (χ1n) is 7.78. The van der Waals surface area contributed by atoms with Crippen molar-refractivity contribution in [3.05, 3.63) is 24.3 Å². The second-order valence-corrected chi connectivity index (χ2v) is 5.14. The molecule has 116 valence electrons. The number of benzene rings is 1. The highest BCUT2D eigenvalue weighted by atomic mass is 16.5. The van der Waals surface area contributed by atoms with Crippen molar-refractivity contribution in [3.63, 3.8) is 0 Å². The summed E-state index contributed by atoms with van der Waals surface area (Å²) in [5.74, 6) is 0. The second kappa shape index (κ2) is 8.52. The molecule has 1 aromatic rings. The van der Waals surface area contributed by atoms with Gasteiger partial charge >= 0.3 is 6.03 Å². The Morgan fingerprint density at radius 3 is 2.76 bits per heavy atom. The largest absolute Gasteiger partial charge is 0.380 e. The van der Waals surface area contributed by atoms with Crippen LogP contribution in [0.5, 0.6) is 0 Å². The molecule has 21 heavy (non-hydrogen) atoms. The molecule has 0 aliphatic carbocycles. The van der Waals surface area contributed by atoms with Crippen LogP contribution in [0.4, 0.5) is 16.2 Å². The summed E-state index contributed by atoms with van der Waals surface area (Å²) in [6.45, 7) is 5.79. The predicted molar refractivity (Wildman–Crippen MR) is 86.0 cm³/mol. The lowest BCUT2D eigenvalue weighted by Crippen LogP contribution is -2.34. The van der Waals surface area contributed by atoms with Crippen molar-refractivity contribution in [2.75, 3.05) is 43.1 Å². The minimum Gasteiger partial charge on any atom is -0.380 e. The van der Waals surface area contributed by atoms with Gasteiger partial charge in [-0.1, -0.05) is 12.1 Å². The van der Waals surface area contributed by atoms with E-state index < -0.39 is 0 Å². The zero-order valence-corrected chi connectivity index (χ0v) is 12.7. The van der Waals surface area contributed by atoms with E-state index in [-0.39, 0.29) is 6.03 Å². The third-order valence-electron chi connectivity index (χ3n) is 3.59. The van der Waals surface area contributed by atoms with Gasteiger partial charge in [0.25, 0.3) is 0 Å². The number of anilines is 2. The van der Waals surface area contributed by atoms with Crippen molar-refractivity contribution in [2.24, 2.45) is 0 Å². The topological polar surface area (TPSA) is 53.6 Å². The van der Waals surface area contributed by atoms with E-state index in [2.05, 4.69) is 21.6 Å². The van der Waals surface area contributed by atoms with Gasteiger partial charge < -0.3 is 20.3 Å². The summed E-state index contributed by atoms with van der Waals surface area (Å²) in [6, 6.07) is 7.80. The first-order chi connectivity index (χ1) is 10.3. The van der Waals surface area contributed by atoms with Gasteiger partial charge in [0.1, 0.15) is 0 Å². The second-order valence-electron chi connectivity index (χ2n) is 5.14. The van der Waals surface area contributed by atoms with E-state index in [1.807, 2.05) is 25.1 Å². The number of nitrogens with zero attached hydrogens (tertiary/aromatic N) is 1. The van der Waals surface area contributed by atoms with Crippen LogP contribution in [0, 0.1) is 0 Å². The smallest absolute Gasteiger partial charge is 0.319 e. The van der Waals surface area contributed by atoms with Crippen LogP contribution in [0.15, 0.2) is 24.3 Å². The summed E-state index contributed by atoms with van der Waals surface area (Å²) in [7, 11) is 0. The molecule has 0 bridgehead atoms. The Morgan fingerprint density at radius 2 is 2.00 bits per heavy atom. The Labute approximate surface area is 126 Å². The molecule has 5 heteroatoms. The number of carbonyl (C=O) groups is 1. The van der Waals surface area contributed by atoms with Crippen LogP contribution in [0.2, 0.25) is 0 Å². The van der Waals surface area contributed by atoms with Gasteiger partial charge in [0.15, 0.2) is 0 Å². The fraction of sp³-hybridized carbons (Fsp3) is 0.562. The molecule has 2 rings (SSSR count). The SMILES string of the molecule is CCOCCNC(=O)Nc1ccccc1N1CCCCC1. The molecule has 1 saturated heterocycles. The number of ether oxygens (including phenoxy) is 1. The Balaban J connectivity index is 1.91. The van der Waals surface area contributed by atoms with Crippen LogP contribution in [0.1, 0.15) is 26.2 Å². The molecule has 0 atom stereocenters. The van der Waals surface area contributed by atoms with E-state index in [0.717, 1.165) is 24.5 Å². The predicted octanol–water partition coefficient (Wildman–Crippen LogP) is 2.83. The summed E-state index contributed by atoms with van der Waals surface area (Å²) in [4.78, 5) is 14.3. The standard InChI is InChI=1S/C16H25N3O2/c1-2-21-13-10-17-16(20)18-14-8-4-5-9-15(14)19-11-6-3-7-12-19/h4-5,8-9H,2-3,6-7,10-13H2,1H3,(H2,17,18,20). The van der Waals surface area contributed by atoms with Gasteiger partial charge in [-0.05, 0) is 38.3 Å². The lowest BCUT2D eigenvalue weighted by Gasteiger charge is -2.30. The number of rotatable bonds is 6. The van der Waals surface area contributed by atoms with Crippen molar-refractivity contribution < 1.29 is 9.53 Å². The number of amides is 2. The maximum Gasteiger partial charge on any atom is 0.319 e. The molecule has 1 aromatic carbocycles. The Kier molecular flexibility index (Phi) is 6.34. The molecule has 1 aliphatic heterocycles. The summed E-state index contributed by atoms with van der Waals surface area (Å²) < 4.78 is 5.20. The highest BCUT2D eigenvalue weighted by Gasteiger charge is 2.15. The minimum absolute atomic E-state index is 0.181. The average molecular weight is 291 g/mol. The van der Waals surface area contributed by atoms with E-state index in [1.165, 1.54) is 19.3 Å². The summed E-state index contributed by atoms with van der Waals surface area (Å²) >= 11 is 0. The molecular weight excluding hydrogens is 266 g/mol. The number of hydrogen-bond donors (Lipinski definition) is 2. The van der Waals surface area contributed by atoms with Gasteiger partial charge in [-0.2, -0.15) is 0 Å². The van der Waals surface area contributed by atoms with E-state index in [4.69, 9.17) is 4.74 Å². The first kappa shape index (κ1) is 15.6. The van der Waals surface area contributed by atoms with Crippen LogP contribution in [0.25, 0.3) is 0 Å². The Hall–Kier alpha value is -1.75. The van der Waals surface area contributed by atoms with Gasteiger partial charge in [0.2, 0.25) is 0 Å². The van der Waals surface area contributed by atoms with Crippen LogP contribution in [-0.4, -0.2) is 38.9 Å². The quantitative estimate of drug-likeness (QED) is 0.792. The van der Waals surface area contributed by atoms with Crippen molar-refractivity contribution in [2.45, 2.75) is 26.2 Å². The maximum absolute atomic E-state index is 11.9. The van der Waals surface area contributed by atoms with Crippen LogP contribution < -0.4 is 15.5 Å². The van der Waals surface area contributed by atoms with Crippen LogP contribution >= 0.6 is 0 Å². The molecule has 5 nitrogen and oxygen atoms in total. The Bertz CT molecular complexity index is 445. The lowest BCUT2D eigenvalue weighted by molar-refractivity contribution is 0.150. The van der Waals surface area contributed by atoms with Gasteiger partial charge in [-0.25, -0.2) is 4.79 Å². The average Bonchev–Trinajstić information content (AvgIpc) is 2.53. The molecule has 0 aromatic heterocycles. The monoisotopic (exact) mass is 291 g/mol. The maximum atomic E-state index is 11.9. The molecule has 1 fully saturated rings. The van der Waals surface area contributed by atoms with E-state index >= 15 is 0 Å². The number of hydrogen-bond acceptors (Lipinski definition) is 3. The molecule has 2 N–H and O–H groups in total. The van der Waals surface area contributed by atoms with Crippen molar-refractivity contribution in [1.29, 1.82) is 0 Å². The minimum atomic E-state index is -0.181. The van der Waals surface area contributed by atoms with E-state index in [0.29, 0.717) is 19.8 Å². The zero-order valence-electron chi connectivity index (χ0n) is 12.7. The molecule has 1 aliphatic rings. The number of nitrogens with one attached hydrogen (secondary N) is 2. The van der Waals surface area contributed by atoms with Gasteiger partial charge in [-0.15, -0.1) is 0 Å². The van der Waals surface area contributed by atoms with Gasteiger partial charge in [-0.3, -0.25) is 0 Å². The zero-order chi connectivity index (χ0) is 14.9. The van der Waals surface area contributed by atoms with Crippen molar-refractivity contribution >= 4 is 17.4 Å².